The average Bonchev–Trinajstić information content (AvgIpc) is 2.55. The summed E-state index contributed by atoms with van der Waals surface area (Å²) in [5.41, 5.74) is 1.69. The highest BCUT2D eigenvalue weighted by Gasteiger charge is 2.17. The maximum atomic E-state index is 12.6. The third kappa shape index (κ3) is 4.17. The normalized spacial score (nSPS) is 15.0. The molecule has 0 aliphatic carbocycles. The molecule has 5 heteroatoms. The van der Waals surface area contributed by atoms with E-state index in [1.54, 1.807) is 6.20 Å². The molecule has 0 spiro atoms. The first-order valence-electron chi connectivity index (χ1n) is 7.83. The van der Waals surface area contributed by atoms with Crippen molar-refractivity contribution in [3.05, 3.63) is 24.0 Å². The second-order valence-corrected chi connectivity index (χ2v) is 5.32. The Bertz CT molecular complexity index is 453. The minimum absolute atomic E-state index is 0.0845. The number of hydrogen-bond acceptors (Lipinski definition) is 4. The molecule has 0 bridgehead atoms. The third-order valence-corrected chi connectivity index (χ3v) is 3.62. The van der Waals surface area contributed by atoms with Crippen molar-refractivity contribution in [3.8, 4) is 0 Å². The quantitative estimate of drug-likeness (QED) is 0.806. The molecule has 0 saturated carbocycles. The zero-order valence-electron chi connectivity index (χ0n) is 13.0. The van der Waals surface area contributed by atoms with Crippen molar-refractivity contribution in [2.75, 3.05) is 44.3 Å². The van der Waals surface area contributed by atoms with Gasteiger partial charge in [-0.1, -0.05) is 13.8 Å². The maximum absolute atomic E-state index is 12.6. The van der Waals surface area contributed by atoms with E-state index in [-0.39, 0.29) is 5.91 Å². The van der Waals surface area contributed by atoms with Crippen molar-refractivity contribution >= 4 is 11.6 Å². The molecule has 1 aromatic rings. The van der Waals surface area contributed by atoms with Gasteiger partial charge in [0, 0.05) is 32.4 Å². The number of carbonyl (C=O) groups excluding carboxylic acids is 1. The lowest BCUT2D eigenvalue weighted by molar-refractivity contribution is 0.0755. The maximum Gasteiger partial charge on any atom is 0.255 e. The number of nitrogens with zero attached hydrogens (tertiary/aromatic N) is 3. The number of carbonyl (C=O) groups is 1. The molecule has 0 unspecified atom stereocenters. The summed E-state index contributed by atoms with van der Waals surface area (Å²) in [5.74, 6) is 0.0845. The van der Waals surface area contributed by atoms with Gasteiger partial charge < -0.3 is 14.5 Å². The van der Waals surface area contributed by atoms with Crippen LogP contribution in [0.4, 0.5) is 5.69 Å². The van der Waals surface area contributed by atoms with E-state index in [0.717, 1.165) is 57.9 Å². The molecule has 2 rings (SSSR count). The molecule has 1 amide bonds. The van der Waals surface area contributed by atoms with Crippen molar-refractivity contribution in [2.24, 2.45) is 0 Å². The predicted molar refractivity (Wildman–Crippen MR) is 83.8 cm³/mol. The summed E-state index contributed by atoms with van der Waals surface area (Å²) in [5, 5.41) is 0. The van der Waals surface area contributed by atoms with Gasteiger partial charge in [0.05, 0.1) is 30.7 Å². The molecule has 5 nitrogen and oxygen atoms in total. The van der Waals surface area contributed by atoms with Gasteiger partial charge in [0.15, 0.2) is 0 Å². The molecular weight excluding hydrogens is 266 g/mol. The Hall–Kier alpha value is -1.62. The fourth-order valence-corrected chi connectivity index (χ4v) is 2.58. The van der Waals surface area contributed by atoms with Crippen LogP contribution in [0.25, 0.3) is 0 Å². The zero-order chi connectivity index (χ0) is 15.1. The zero-order valence-corrected chi connectivity index (χ0v) is 13.0. The van der Waals surface area contributed by atoms with E-state index in [9.17, 15) is 4.79 Å². The van der Waals surface area contributed by atoms with Gasteiger partial charge in [-0.15, -0.1) is 0 Å². The molecule has 0 N–H and O–H groups in total. The van der Waals surface area contributed by atoms with Gasteiger partial charge in [0.25, 0.3) is 5.91 Å². The molecule has 1 aromatic heterocycles. The van der Waals surface area contributed by atoms with Gasteiger partial charge in [-0.3, -0.25) is 9.78 Å². The molecule has 0 radical (unpaired) electrons. The van der Waals surface area contributed by atoms with E-state index < -0.39 is 0 Å². The van der Waals surface area contributed by atoms with Crippen LogP contribution in [-0.4, -0.2) is 55.2 Å². The fraction of sp³-hybridized carbons (Fsp3) is 0.625. The summed E-state index contributed by atoms with van der Waals surface area (Å²) in [6.07, 6.45) is 5.45. The molecule has 21 heavy (non-hydrogen) atoms. The van der Waals surface area contributed by atoms with Crippen LogP contribution < -0.4 is 4.90 Å². The summed E-state index contributed by atoms with van der Waals surface area (Å²) < 4.78 is 5.36. The summed E-state index contributed by atoms with van der Waals surface area (Å²) >= 11 is 0. The second-order valence-electron chi connectivity index (χ2n) is 5.32. The van der Waals surface area contributed by atoms with Crippen molar-refractivity contribution < 1.29 is 9.53 Å². The van der Waals surface area contributed by atoms with E-state index in [1.807, 2.05) is 17.2 Å². The van der Waals surface area contributed by atoms with E-state index in [0.29, 0.717) is 5.56 Å². The molecule has 2 heterocycles. The number of aromatic nitrogens is 1. The van der Waals surface area contributed by atoms with Gasteiger partial charge in [-0.2, -0.15) is 0 Å². The largest absolute Gasteiger partial charge is 0.378 e. The average molecular weight is 291 g/mol. The Kier molecular flexibility index (Phi) is 5.99. The van der Waals surface area contributed by atoms with Crippen molar-refractivity contribution in [2.45, 2.75) is 26.7 Å². The molecule has 0 atom stereocenters. The Morgan fingerprint density at radius 3 is 2.52 bits per heavy atom. The number of anilines is 1. The molecule has 0 aromatic carbocycles. The standard InChI is InChI=1S/C16H25N3O2/c1-3-5-19(6-4-2)16(20)14-11-15(13-17-12-14)18-7-9-21-10-8-18/h11-13H,3-10H2,1-2H3. The first kappa shape index (κ1) is 15.8. The minimum atomic E-state index is 0.0845. The first-order valence-corrected chi connectivity index (χ1v) is 7.83. The van der Waals surface area contributed by atoms with Gasteiger partial charge in [0.1, 0.15) is 0 Å². The Balaban J connectivity index is 2.13. The third-order valence-electron chi connectivity index (χ3n) is 3.62. The number of rotatable bonds is 6. The van der Waals surface area contributed by atoms with Crippen LogP contribution >= 0.6 is 0 Å². The van der Waals surface area contributed by atoms with Crippen molar-refractivity contribution in [1.82, 2.24) is 9.88 Å². The number of pyridine rings is 1. The van der Waals surface area contributed by atoms with Crippen LogP contribution in [0.15, 0.2) is 18.5 Å². The van der Waals surface area contributed by atoms with Crippen molar-refractivity contribution in [3.63, 3.8) is 0 Å². The van der Waals surface area contributed by atoms with Gasteiger partial charge >= 0.3 is 0 Å². The van der Waals surface area contributed by atoms with E-state index in [2.05, 4.69) is 23.7 Å². The first-order chi connectivity index (χ1) is 10.3. The topological polar surface area (TPSA) is 45.7 Å². The van der Waals surface area contributed by atoms with E-state index in [4.69, 9.17) is 4.74 Å². The van der Waals surface area contributed by atoms with Crippen LogP contribution in [0.2, 0.25) is 0 Å². The highest BCUT2D eigenvalue weighted by molar-refractivity contribution is 5.94. The summed E-state index contributed by atoms with van der Waals surface area (Å²) in [4.78, 5) is 21.0. The summed E-state index contributed by atoms with van der Waals surface area (Å²) in [7, 11) is 0. The second kappa shape index (κ2) is 7.98. The molecular formula is C16H25N3O2. The molecule has 1 saturated heterocycles. The van der Waals surface area contributed by atoms with Crippen LogP contribution in [0.5, 0.6) is 0 Å². The number of amides is 1. The molecule has 1 fully saturated rings. The van der Waals surface area contributed by atoms with Gasteiger partial charge in [0.2, 0.25) is 0 Å². The van der Waals surface area contributed by atoms with Crippen LogP contribution in [0.1, 0.15) is 37.0 Å². The van der Waals surface area contributed by atoms with E-state index in [1.165, 1.54) is 0 Å². The van der Waals surface area contributed by atoms with Gasteiger partial charge in [-0.25, -0.2) is 0 Å². The monoisotopic (exact) mass is 291 g/mol. The summed E-state index contributed by atoms with van der Waals surface area (Å²) in [6, 6.07) is 1.96. The van der Waals surface area contributed by atoms with Crippen LogP contribution in [0, 0.1) is 0 Å². The van der Waals surface area contributed by atoms with Gasteiger partial charge in [-0.05, 0) is 18.9 Å². The number of morpholine rings is 1. The fourth-order valence-electron chi connectivity index (χ4n) is 2.58. The highest BCUT2D eigenvalue weighted by atomic mass is 16.5. The van der Waals surface area contributed by atoms with Crippen LogP contribution in [0.3, 0.4) is 0 Å². The molecule has 1 aliphatic rings. The lowest BCUT2D eigenvalue weighted by atomic mass is 10.2. The highest BCUT2D eigenvalue weighted by Crippen LogP contribution is 2.17. The lowest BCUT2D eigenvalue weighted by Gasteiger charge is -2.29. The predicted octanol–water partition coefficient (Wildman–Crippen LogP) is 2.18. The smallest absolute Gasteiger partial charge is 0.255 e. The molecule has 1 aliphatic heterocycles. The summed E-state index contributed by atoms with van der Waals surface area (Å²) in [6.45, 7) is 8.96. The van der Waals surface area contributed by atoms with Crippen molar-refractivity contribution in [1.29, 1.82) is 0 Å². The van der Waals surface area contributed by atoms with E-state index >= 15 is 0 Å². The molecule has 116 valence electrons. The number of ether oxygens (including phenoxy) is 1. The lowest BCUT2D eigenvalue weighted by Crippen LogP contribution is -2.37. The number of hydrogen-bond donors (Lipinski definition) is 0. The SMILES string of the molecule is CCCN(CCC)C(=O)c1cncc(N2CCOCC2)c1. The van der Waals surface area contributed by atoms with Crippen LogP contribution in [-0.2, 0) is 4.74 Å². The Morgan fingerprint density at radius 2 is 1.90 bits per heavy atom. The Morgan fingerprint density at radius 1 is 1.24 bits per heavy atom. The minimum Gasteiger partial charge on any atom is -0.378 e. The Labute approximate surface area is 126 Å².